The van der Waals surface area contributed by atoms with Crippen molar-refractivity contribution in [2.24, 2.45) is 29.6 Å². The third kappa shape index (κ3) is 11.3. The van der Waals surface area contributed by atoms with Crippen molar-refractivity contribution in [1.82, 2.24) is 4.90 Å². The number of carbonyl (C=O) groups is 5. The number of methoxy groups -OCH3 is 1. The van der Waals surface area contributed by atoms with Gasteiger partial charge in [0.25, 0.3) is 0 Å². The summed E-state index contributed by atoms with van der Waals surface area (Å²) in [6.07, 6.45) is -7.35. The van der Waals surface area contributed by atoms with Crippen molar-refractivity contribution in [1.29, 1.82) is 0 Å². The maximum atomic E-state index is 14.4. The fourth-order valence-corrected chi connectivity index (χ4v) is 8.93. The van der Waals surface area contributed by atoms with Crippen molar-refractivity contribution in [3.63, 3.8) is 0 Å². The molecule has 18 atom stereocenters. The number of rotatable bonds is 9. The molecule has 0 radical (unpaired) electrons. The zero-order chi connectivity index (χ0) is 42.7. The van der Waals surface area contributed by atoms with Gasteiger partial charge in [0.15, 0.2) is 36.2 Å². The Balaban J connectivity index is 1.82. The Kier molecular flexibility index (Phi) is 16.1. The Labute approximate surface area is 337 Å². The van der Waals surface area contributed by atoms with Crippen molar-refractivity contribution >= 4 is 29.7 Å². The zero-order valence-corrected chi connectivity index (χ0v) is 36.2. The summed E-state index contributed by atoms with van der Waals surface area (Å²) >= 11 is 0. The summed E-state index contributed by atoms with van der Waals surface area (Å²) in [5, 5.41) is 0. The molecule has 0 N–H and O–H groups in total. The van der Waals surface area contributed by atoms with Crippen LogP contribution in [0.3, 0.4) is 0 Å². The van der Waals surface area contributed by atoms with Crippen LogP contribution in [-0.2, 0) is 71.3 Å². The SMILES string of the molecule is COC1C[C@@H](O[C@@H]2C(C)C(=O)OC(C)C(C)[C@H](OC(C)=O)C(C)C(=O)[C@@]3(CO3)CC(C)C(OC3OC(C)CC(N(C)C)[C@H]3OC(C)=O)C2C)OC(C)[C@@H]1OC(C)=O. The summed E-state index contributed by atoms with van der Waals surface area (Å²) in [6.45, 7) is 18.5. The number of likely N-dealkylation sites (N-methyl/N-ethyl adjacent to an activating group) is 1. The first-order valence-corrected chi connectivity index (χ1v) is 20.3. The molecule has 0 aromatic heterocycles. The van der Waals surface area contributed by atoms with Gasteiger partial charge in [-0.05, 0) is 60.5 Å². The number of ketones is 1. The lowest BCUT2D eigenvalue weighted by Crippen LogP contribution is -2.58. The van der Waals surface area contributed by atoms with Gasteiger partial charge in [-0.25, -0.2) is 0 Å². The highest BCUT2D eigenvalue weighted by Crippen LogP contribution is 2.44. The second-order valence-corrected chi connectivity index (χ2v) is 17.1. The van der Waals surface area contributed by atoms with E-state index in [0.717, 1.165) is 0 Å². The third-order valence-electron chi connectivity index (χ3n) is 12.2. The van der Waals surface area contributed by atoms with Gasteiger partial charge in [-0.1, -0.05) is 27.7 Å². The second-order valence-electron chi connectivity index (χ2n) is 17.1. The molecule has 4 saturated heterocycles. The van der Waals surface area contributed by atoms with Crippen molar-refractivity contribution < 1.29 is 71.3 Å². The average Bonchev–Trinajstić information content (AvgIpc) is 3.91. The number of ether oxygens (including phenoxy) is 10. The van der Waals surface area contributed by atoms with Crippen LogP contribution in [0.25, 0.3) is 0 Å². The van der Waals surface area contributed by atoms with Gasteiger partial charge in [-0.15, -0.1) is 0 Å². The minimum absolute atomic E-state index is 0.162. The van der Waals surface area contributed by atoms with Gasteiger partial charge in [0.05, 0.1) is 48.9 Å². The lowest BCUT2D eigenvalue weighted by molar-refractivity contribution is -0.301. The van der Waals surface area contributed by atoms with Crippen molar-refractivity contribution in [2.45, 2.75) is 175 Å². The Morgan fingerprint density at radius 2 is 1.28 bits per heavy atom. The van der Waals surface area contributed by atoms with Crippen LogP contribution in [0.1, 0.15) is 95.4 Å². The van der Waals surface area contributed by atoms with Gasteiger partial charge in [0.2, 0.25) is 0 Å². The fraction of sp³-hybridized carbons (Fsp3) is 0.878. The number of nitrogens with zero attached hydrogens (tertiary/aromatic N) is 1. The normalized spacial score (nSPS) is 43.5. The van der Waals surface area contributed by atoms with Crippen LogP contribution < -0.4 is 0 Å². The van der Waals surface area contributed by atoms with Gasteiger partial charge in [-0.2, -0.15) is 0 Å². The highest BCUT2D eigenvalue weighted by molar-refractivity contribution is 5.92. The zero-order valence-electron chi connectivity index (χ0n) is 36.2. The molecule has 16 nitrogen and oxygen atoms in total. The molecule has 4 heterocycles. The molecule has 4 rings (SSSR count). The number of epoxide rings is 1. The fourth-order valence-electron chi connectivity index (χ4n) is 8.93. The molecular formula is C41H67NO15. The Hall–Kier alpha value is -2.73. The predicted octanol–water partition coefficient (Wildman–Crippen LogP) is 3.62. The number of cyclic esters (lactones) is 1. The van der Waals surface area contributed by atoms with Crippen LogP contribution in [0, 0.1) is 29.6 Å². The Morgan fingerprint density at radius 3 is 1.82 bits per heavy atom. The summed E-state index contributed by atoms with van der Waals surface area (Å²) in [6, 6.07) is -0.247. The first-order chi connectivity index (χ1) is 26.6. The van der Waals surface area contributed by atoms with Gasteiger partial charge in [-0.3, -0.25) is 24.0 Å². The molecule has 0 amide bonds. The van der Waals surface area contributed by atoms with E-state index >= 15 is 0 Å². The predicted molar refractivity (Wildman–Crippen MR) is 202 cm³/mol. The molecule has 0 aliphatic carbocycles. The molecule has 0 aromatic rings. The van der Waals surface area contributed by atoms with Crippen LogP contribution in [0.5, 0.6) is 0 Å². The lowest BCUT2D eigenvalue weighted by Gasteiger charge is -2.46. The molecule has 0 saturated carbocycles. The van der Waals surface area contributed by atoms with Crippen LogP contribution >= 0.6 is 0 Å². The standard InChI is InChI=1S/C41H67NO15/c1-19-17-41(18-49-41)38(46)23(5)34(53-27(9)43)21(3)25(7)52-39(47)24(6)35(56-32-16-31(48-14)36(26(8)51-32)54-28(10)44)22(4)33(19)57-40-37(55-29(11)45)30(42(12)13)15-20(2)50-40/h19-26,30-37,40H,15-18H2,1-14H3/t19?,20?,21?,22?,23?,24?,25?,26?,30?,31?,32-,33?,34+,35+,36+,37-,40?,41+/m1/s1. The molecule has 4 aliphatic rings. The van der Waals surface area contributed by atoms with Crippen LogP contribution in [0.15, 0.2) is 0 Å². The largest absolute Gasteiger partial charge is 0.462 e. The maximum Gasteiger partial charge on any atom is 0.311 e. The van der Waals surface area contributed by atoms with Crippen LogP contribution in [0.2, 0.25) is 0 Å². The summed E-state index contributed by atoms with van der Waals surface area (Å²) in [7, 11) is 5.31. The minimum Gasteiger partial charge on any atom is -0.462 e. The van der Waals surface area contributed by atoms with Gasteiger partial charge in [0, 0.05) is 46.1 Å². The summed E-state index contributed by atoms with van der Waals surface area (Å²) < 4.78 is 61.5. The molecule has 1 spiro atoms. The first kappa shape index (κ1) is 47.0. The van der Waals surface area contributed by atoms with E-state index in [0.29, 0.717) is 6.42 Å². The van der Waals surface area contributed by atoms with Crippen LogP contribution in [0.4, 0.5) is 0 Å². The monoisotopic (exact) mass is 813 g/mol. The lowest BCUT2D eigenvalue weighted by atomic mass is 9.76. The minimum atomic E-state index is -1.19. The topological polar surface area (TPSA) is 184 Å². The highest BCUT2D eigenvalue weighted by atomic mass is 16.7. The van der Waals surface area contributed by atoms with E-state index in [1.54, 1.807) is 34.6 Å². The molecular weight excluding hydrogens is 746 g/mol. The summed E-state index contributed by atoms with van der Waals surface area (Å²) in [5.41, 5.74) is -1.19. The maximum absolute atomic E-state index is 14.4. The quantitative estimate of drug-likeness (QED) is 0.187. The number of esters is 4. The number of hydrogen-bond acceptors (Lipinski definition) is 16. The molecule has 4 fully saturated rings. The van der Waals surface area contributed by atoms with E-state index in [4.69, 9.17) is 47.4 Å². The third-order valence-corrected chi connectivity index (χ3v) is 12.2. The molecule has 16 heteroatoms. The molecule has 57 heavy (non-hydrogen) atoms. The Morgan fingerprint density at radius 1 is 0.702 bits per heavy atom. The summed E-state index contributed by atoms with van der Waals surface area (Å²) in [5.74, 6) is -5.69. The molecule has 326 valence electrons. The van der Waals surface area contributed by atoms with E-state index in [2.05, 4.69) is 0 Å². The first-order valence-electron chi connectivity index (χ1n) is 20.3. The van der Waals surface area contributed by atoms with E-state index in [1.807, 2.05) is 39.8 Å². The summed E-state index contributed by atoms with van der Waals surface area (Å²) in [4.78, 5) is 67.4. The molecule has 12 unspecified atom stereocenters. The van der Waals surface area contributed by atoms with Crippen molar-refractivity contribution in [3.05, 3.63) is 0 Å². The number of carbonyl (C=O) groups excluding carboxylic acids is 5. The molecule has 4 aliphatic heterocycles. The Bertz CT molecular complexity index is 1420. The second kappa shape index (κ2) is 19.6. The van der Waals surface area contributed by atoms with Crippen molar-refractivity contribution in [3.8, 4) is 0 Å². The molecule has 0 aromatic carbocycles. The van der Waals surface area contributed by atoms with Gasteiger partial charge < -0.3 is 52.3 Å². The van der Waals surface area contributed by atoms with Gasteiger partial charge in [0.1, 0.15) is 18.3 Å². The van der Waals surface area contributed by atoms with E-state index < -0.39 is 120 Å². The van der Waals surface area contributed by atoms with E-state index in [-0.39, 0.29) is 37.4 Å². The average molecular weight is 814 g/mol. The van der Waals surface area contributed by atoms with Crippen LogP contribution in [-0.4, -0.2) is 142 Å². The smallest absolute Gasteiger partial charge is 0.311 e. The van der Waals surface area contributed by atoms with Crippen molar-refractivity contribution in [2.75, 3.05) is 27.8 Å². The highest BCUT2D eigenvalue weighted by Gasteiger charge is 2.58. The van der Waals surface area contributed by atoms with E-state index in [9.17, 15) is 24.0 Å². The van der Waals surface area contributed by atoms with E-state index in [1.165, 1.54) is 27.9 Å². The molecule has 0 bridgehead atoms. The number of Topliss-reactive ketones (excluding diaryl/α,β-unsaturated/α-hetero) is 1. The van der Waals surface area contributed by atoms with Gasteiger partial charge >= 0.3 is 23.9 Å². The number of hydrogen-bond donors (Lipinski definition) is 0.